The molecule has 0 bridgehead atoms. The normalized spacial score (nSPS) is 16.1. The summed E-state index contributed by atoms with van der Waals surface area (Å²) in [7, 11) is 1.85. The van der Waals surface area contributed by atoms with E-state index in [1.165, 1.54) is 11.5 Å². The minimum absolute atomic E-state index is 0.137. The molecule has 110 valence electrons. The van der Waals surface area contributed by atoms with Gasteiger partial charge in [0, 0.05) is 20.1 Å². The highest BCUT2D eigenvalue weighted by molar-refractivity contribution is 7.11. The van der Waals surface area contributed by atoms with Gasteiger partial charge in [0.15, 0.2) is 0 Å². The van der Waals surface area contributed by atoms with Crippen molar-refractivity contribution in [1.82, 2.24) is 9.27 Å². The highest BCUT2D eigenvalue weighted by atomic mass is 32.1. The Morgan fingerprint density at radius 2 is 2.00 bits per heavy atom. The van der Waals surface area contributed by atoms with E-state index < -0.39 is 0 Å². The maximum atomic E-state index is 12.1. The monoisotopic (exact) mass is 302 g/mol. The zero-order valence-electron chi connectivity index (χ0n) is 12.0. The van der Waals surface area contributed by atoms with Gasteiger partial charge in [-0.1, -0.05) is 30.3 Å². The van der Waals surface area contributed by atoms with Crippen LogP contribution >= 0.6 is 11.5 Å². The van der Waals surface area contributed by atoms with Crippen LogP contribution in [0.25, 0.3) is 11.1 Å². The Balaban J connectivity index is 1.98. The van der Waals surface area contributed by atoms with Gasteiger partial charge in [0.2, 0.25) is 5.91 Å². The first kappa shape index (κ1) is 13.9. The van der Waals surface area contributed by atoms with E-state index in [9.17, 15) is 4.79 Å². The van der Waals surface area contributed by atoms with E-state index in [0.29, 0.717) is 12.4 Å². The Labute approximate surface area is 128 Å². The summed E-state index contributed by atoms with van der Waals surface area (Å²) in [5.41, 5.74) is 8.05. The predicted octanol–water partition coefficient (Wildman–Crippen LogP) is 2.06. The second-order valence-corrected chi connectivity index (χ2v) is 5.96. The standard InChI is InChI=1S/C15H18N4OS/c1-18-8-5-9-19(10-12(18)20)15-13(14(16)17-21-15)11-6-3-2-4-7-11/h2-4,6-7H,5,8-10H2,1H3,(H2,16,17). The van der Waals surface area contributed by atoms with E-state index >= 15 is 0 Å². The molecular weight excluding hydrogens is 284 g/mol. The van der Waals surface area contributed by atoms with Crippen molar-refractivity contribution in [3.8, 4) is 11.1 Å². The van der Waals surface area contributed by atoms with Gasteiger partial charge in [-0.3, -0.25) is 4.79 Å². The number of hydrogen-bond acceptors (Lipinski definition) is 5. The number of anilines is 2. The topological polar surface area (TPSA) is 62.5 Å². The molecule has 3 rings (SSSR count). The molecule has 1 aliphatic rings. The highest BCUT2D eigenvalue weighted by Gasteiger charge is 2.24. The van der Waals surface area contributed by atoms with Gasteiger partial charge in [-0.2, -0.15) is 4.37 Å². The fourth-order valence-electron chi connectivity index (χ4n) is 2.55. The molecule has 21 heavy (non-hydrogen) atoms. The lowest BCUT2D eigenvalue weighted by atomic mass is 10.1. The van der Waals surface area contributed by atoms with Crippen LogP contribution in [0.15, 0.2) is 30.3 Å². The Morgan fingerprint density at radius 1 is 1.24 bits per heavy atom. The molecule has 0 radical (unpaired) electrons. The molecule has 0 unspecified atom stereocenters. The number of nitrogen functional groups attached to an aromatic ring is 1. The van der Waals surface area contributed by atoms with Crippen LogP contribution in [0.2, 0.25) is 0 Å². The van der Waals surface area contributed by atoms with Crippen molar-refractivity contribution in [1.29, 1.82) is 0 Å². The van der Waals surface area contributed by atoms with Gasteiger partial charge in [-0.05, 0) is 23.5 Å². The van der Waals surface area contributed by atoms with Crippen molar-refractivity contribution in [2.45, 2.75) is 6.42 Å². The highest BCUT2D eigenvalue weighted by Crippen LogP contribution is 2.39. The fraction of sp³-hybridized carbons (Fsp3) is 0.333. The van der Waals surface area contributed by atoms with Gasteiger partial charge in [0.25, 0.3) is 0 Å². The Kier molecular flexibility index (Phi) is 3.79. The third-order valence-corrected chi connectivity index (χ3v) is 4.65. The third-order valence-electron chi connectivity index (χ3n) is 3.72. The Morgan fingerprint density at radius 3 is 2.76 bits per heavy atom. The molecular formula is C15H18N4OS. The number of benzene rings is 1. The lowest BCUT2D eigenvalue weighted by Gasteiger charge is -2.21. The lowest BCUT2D eigenvalue weighted by Crippen LogP contribution is -2.34. The Hall–Kier alpha value is -2.08. The van der Waals surface area contributed by atoms with Crippen molar-refractivity contribution >= 4 is 28.3 Å². The average molecular weight is 302 g/mol. The lowest BCUT2D eigenvalue weighted by molar-refractivity contribution is -0.127. The number of carbonyl (C=O) groups is 1. The van der Waals surface area contributed by atoms with Crippen molar-refractivity contribution in [2.24, 2.45) is 0 Å². The van der Waals surface area contributed by atoms with E-state index in [0.717, 1.165) is 35.6 Å². The summed E-state index contributed by atoms with van der Waals surface area (Å²) in [4.78, 5) is 16.0. The minimum atomic E-state index is 0.137. The van der Waals surface area contributed by atoms with Crippen LogP contribution in [-0.2, 0) is 4.79 Å². The van der Waals surface area contributed by atoms with E-state index in [4.69, 9.17) is 5.73 Å². The third kappa shape index (κ3) is 2.71. The first-order valence-electron chi connectivity index (χ1n) is 6.96. The number of likely N-dealkylation sites (N-methyl/N-ethyl adjacent to an activating group) is 1. The fourth-order valence-corrected chi connectivity index (χ4v) is 3.41. The summed E-state index contributed by atoms with van der Waals surface area (Å²) < 4.78 is 4.30. The van der Waals surface area contributed by atoms with Crippen molar-refractivity contribution < 1.29 is 4.79 Å². The molecule has 2 aromatic rings. The van der Waals surface area contributed by atoms with E-state index in [2.05, 4.69) is 9.27 Å². The van der Waals surface area contributed by atoms with Crippen molar-refractivity contribution in [3.63, 3.8) is 0 Å². The van der Waals surface area contributed by atoms with Gasteiger partial charge in [0.05, 0.1) is 12.1 Å². The molecule has 0 atom stereocenters. The smallest absolute Gasteiger partial charge is 0.241 e. The van der Waals surface area contributed by atoms with E-state index in [1.807, 2.05) is 37.4 Å². The molecule has 6 heteroatoms. The number of rotatable bonds is 2. The first-order chi connectivity index (χ1) is 10.2. The van der Waals surface area contributed by atoms with Crippen LogP contribution in [0, 0.1) is 0 Å². The zero-order valence-corrected chi connectivity index (χ0v) is 12.8. The quantitative estimate of drug-likeness (QED) is 0.922. The van der Waals surface area contributed by atoms with Crippen LogP contribution < -0.4 is 10.6 Å². The maximum Gasteiger partial charge on any atom is 0.241 e. The molecule has 0 aliphatic carbocycles. The summed E-state index contributed by atoms with van der Waals surface area (Å²) >= 11 is 1.37. The second-order valence-electron chi connectivity index (χ2n) is 5.20. The number of carbonyl (C=O) groups excluding carboxylic acids is 1. The molecule has 1 aliphatic heterocycles. The van der Waals surface area contributed by atoms with Crippen LogP contribution in [0.3, 0.4) is 0 Å². The van der Waals surface area contributed by atoms with Crippen LogP contribution in [0.5, 0.6) is 0 Å². The molecule has 2 N–H and O–H groups in total. The van der Waals surface area contributed by atoms with Crippen LogP contribution in [0.1, 0.15) is 6.42 Å². The molecule has 1 aromatic heterocycles. The summed E-state index contributed by atoms with van der Waals surface area (Å²) in [5.74, 6) is 0.671. The summed E-state index contributed by atoms with van der Waals surface area (Å²) in [6.45, 7) is 2.03. The van der Waals surface area contributed by atoms with Crippen molar-refractivity contribution in [3.05, 3.63) is 30.3 Å². The van der Waals surface area contributed by atoms with Crippen LogP contribution in [0.4, 0.5) is 10.8 Å². The molecule has 0 spiro atoms. The number of aromatic nitrogens is 1. The van der Waals surface area contributed by atoms with Crippen molar-refractivity contribution in [2.75, 3.05) is 37.3 Å². The van der Waals surface area contributed by atoms with Gasteiger partial charge in [0.1, 0.15) is 10.8 Å². The molecule has 0 saturated carbocycles. The molecule has 1 fully saturated rings. The van der Waals surface area contributed by atoms with Gasteiger partial charge in [-0.25, -0.2) is 0 Å². The molecule has 5 nitrogen and oxygen atoms in total. The van der Waals surface area contributed by atoms with E-state index in [-0.39, 0.29) is 5.91 Å². The van der Waals surface area contributed by atoms with E-state index in [1.54, 1.807) is 4.90 Å². The number of nitrogens with two attached hydrogens (primary N) is 1. The maximum absolute atomic E-state index is 12.1. The van der Waals surface area contributed by atoms with Crippen LogP contribution in [-0.4, -0.2) is 41.9 Å². The van der Waals surface area contributed by atoms with Gasteiger partial charge < -0.3 is 15.5 Å². The Bertz CT molecular complexity index is 640. The molecule has 1 saturated heterocycles. The molecule has 1 amide bonds. The minimum Gasteiger partial charge on any atom is -0.382 e. The molecule has 2 heterocycles. The zero-order chi connectivity index (χ0) is 14.8. The SMILES string of the molecule is CN1CCCN(c2snc(N)c2-c2ccccc2)CC1=O. The number of amides is 1. The summed E-state index contributed by atoms with van der Waals surface area (Å²) in [6, 6.07) is 9.99. The molecule has 1 aromatic carbocycles. The first-order valence-corrected chi connectivity index (χ1v) is 7.73. The van der Waals surface area contributed by atoms with Gasteiger partial charge >= 0.3 is 0 Å². The van der Waals surface area contributed by atoms with Gasteiger partial charge in [-0.15, -0.1) is 0 Å². The average Bonchev–Trinajstić information content (AvgIpc) is 2.80. The summed E-state index contributed by atoms with van der Waals surface area (Å²) in [5, 5.41) is 0.988. The number of hydrogen-bond donors (Lipinski definition) is 1. The predicted molar refractivity (Wildman–Crippen MR) is 86.4 cm³/mol. The second kappa shape index (κ2) is 5.73. The number of nitrogens with zero attached hydrogens (tertiary/aromatic N) is 3. The summed E-state index contributed by atoms with van der Waals surface area (Å²) in [6.07, 6.45) is 0.953. The largest absolute Gasteiger partial charge is 0.382 e.